The van der Waals surface area contributed by atoms with Gasteiger partial charge in [0.1, 0.15) is 6.04 Å². The van der Waals surface area contributed by atoms with Crippen LogP contribution in [0, 0.1) is 13.8 Å². The highest BCUT2D eigenvalue weighted by atomic mass is 16.1. The normalized spacial score (nSPS) is 17.5. The molecule has 0 saturated heterocycles. The van der Waals surface area contributed by atoms with Crippen LogP contribution < -0.4 is 10.5 Å². The Bertz CT molecular complexity index is 1430. The molecule has 1 N–H and O–H groups in total. The molecule has 0 spiro atoms. The van der Waals surface area contributed by atoms with E-state index in [-0.39, 0.29) is 17.6 Å². The lowest BCUT2D eigenvalue weighted by Crippen LogP contribution is -2.39. The number of nitrogens with zero attached hydrogens (tertiary/aromatic N) is 5. The molecule has 1 fully saturated rings. The number of fused-ring (bicyclic) bond motifs is 2. The summed E-state index contributed by atoms with van der Waals surface area (Å²) in [6.07, 6.45) is 7.87. The van der Waals surface area contributed by atoms with Crippen molar-refractivity contribution in [3.05, 3.63) is 80.9 Å². The topological polar surface area (TPSA) is 79.7 Å². The molecule has 7 nitrogen and oxygen atoms in total. The van der Waals surface area contributed by atoms with Crippen LogP contribution in [0.15, 0.2) is 47.3 Å². The third kappa shape index (κ3) is 3.93. The van der Waals surface area contributed by atoms with E-state index in [1.54, 1.807) is 0 Å². The van der Waals surface area contributed by atoms with E-state index in [0.717, 1.165) is 60.1 Å². The van der Waals surface area contributed by atoms with Gasteiger partial charge in [0.2, 0.25) is 0 Å². The second-order valence-electron chi connectivity index (χ2n) is 10.2. The first kappa shape index (κ1) is 22.0. The molecule has 0 bridgehead atoms. The number of anilines is 1. The van der Waals surface area contributed by atoms with Gasteiger partial charge in [-0.3, -0.25) is 4.79 Å². The average molecular weight is 469 g/mol. The third-order valence-electron chi connectivity index (χ3n) is 7.78. The lowest BCUT2D eigenvalue weighted by Gasteiger charge is -2.38. The Labute approximate surface area is 205 Å². The van der Waals surface area contributed by atoms with Crippen molar-refractivity contribution in [3.8, 4) is 0 Å². The summed E-state index contributed by atoms with van der Waals surface area (Å²) < 4.78 is 2.02. The SMILES string of the molecule is Cc1cc(C)c2cc([C@@H](c3nnnn3C3CCCCC3)N3CCCc4ccccc43)c(=O)[nH]c2c1. The Morgan fingerprint density at radius 1 is 1.03 bits per heavy atom. The van der Waals surface area contributed by atoms with Crippen LogP contribution in [0.1, 0.15) is 78.7 Å². The van der Waals surface area contributed by atoms with Gasteiger partial charge >= 0.3 is 0 Å². The van der Waals surface area contributed by atoms with Crippen LogP contribution in [0.5, 0.6) is 0 Å². The summed E-state index contributed by atoms with van der Waals surface area (Å²) in [6.45, 7) is 5.02. The standard InChI is InChI=1S/C28H32N6O/c1-18-15-19(2)22-17-23(28(35)29-24(22)16-18)26(33-14-8-10-20-9-6-7-13-25(20)33)27-30-31-32-34(27)21-11-4-3-5-12-21/h6-7,9,13,15-17,21,26H,3-5,8,10-12,14H2,1-2H3,(H,29,35)/t26-/m0/s1. The highest BCUT2D eigenvalue weighted by Gasteiger charge is 2.35. The van der Waals surface area contributed by atoms with Gasteiger partial charge in [0.25, 0.3) is 5.56 Å². The molecule has 0 radical (unpaired) electrons. The van der Waals surface area contributed by atoms with Gasteiger partial charge < -0.3 is 9.88 Å². The monoisotopic (exact) mass is 468 g/mol. The number of hydrogen-bond donors (Lipinski definition) is 1. The lowest BCUT2D eigenvalue weighted by atomic mass is 9.93. The third-order valence-corrected chi connectivity index (χ3v) is 7.78. The van der Waals surface area contributed by atoms with E-state index in [2.05, 4.69) is 75.7 Å². The van der Waals surface area contributed by atoms with Crippen LogP contribution in [0.4, 0.5) is 5.69 Å². The fourth-order valence-corrected chi connectivity index (χ4v) is 6.14. The molecule has 2 aliphatic rings. The molecule has 180 valence electrons. The minimum absolute atomic E-state index is 0.0752. The lowest BCUT2D eigenvalue weighted by molar-refractivity contribution is 0.313. The largest absolute Gasteiger partial charge is 0.357 e. The molecule has 2 aromatic heterocycles. The van der Waals surface area contributed by atoms with Gasteiger partial charge in [-0.1, -0.05) is 43.5 Å². The Kier molecular flexibility index (Phi) is 5.63. The van der Waals surface area contributed by atoms with Crippen LogP contribution in [0.3, 0.4) is 0 Å². The summed E-state index contributed by atoms with van der Waals surface area (Å²) in [5, 5.41) is 14.3. The summed E-state index contributed by atoms with van der Waals surface area (Å²) in [6, 6.07) is 14.7. The van der Waals surface area contributed by atoms with Gasteiger partial charge in [-0.15, -0.1) is 5.10 Å². The second-order valence-corrected chi connectivity index (χ2v) is 10.2. The second kappa shape index (κ2) is 8.95. The quantitative estimate of drug-likeness (QED) is 0.446. The molecule has 1 saturated carbocycles. The summed E-state index contributed by atoms with van der Waals surface area (Å²) in [5.41, 5.74) is 6.28. The molecule has 1 aliphatic carbocycles. The van der Waals surface area contributed by atoms with Gasteiger partial charge in [0.05, 0.1) is 6.04 Å². The first-order valence-electron chi connectivity index (χ1n) is 12.9. The van der Waals surface area contributed by atoms with Crippen LogP contribution >= 0.6 is 0 Å². The number of aryl methyl sites for hydroxylation is 3. The van der Waals surface area contributed by atoms with Crippen molar-refractivity contribution >= 4 is 16.6 Å². The first-order chi connectivity index (χ1) is 17.1. The summed E-state index contributed by atoms with van der Waals surface area (Å²) in [5.74, 6) is 0.767. The molecule has 1 aliphatic heterocycles. The predicted octanol–water partition coefficient (Wildman–Crippen LogP) is 5.18. The number of rotatable bonds is 4. The molecule has 4 aromatic rings. The number of pyridine rings is 1. The number of tetrazole rings is 1. The smallest absolute Gasteiger partial charge is 0.254 e. The number of aromatic amines is 1. The molecule has 0 unspecified atom stereocenters. The van der Waals surface area contributed by atoms with Crippen molar-refractivity contribution in [1.29, 1.82) is 0 Å². The van der Waals surface area contributed by atoms with E-state index < -0.39 is 0 Å². The Balaban J connectivity index is 1.57. The van der Waals surface area contributed by atoms with Crippen molar-refractivity contribution in [1.82, 2.24) is 25.2 Å². The zero-order valence-corrected chi connectivity index (χ0v) is 20.5. The number of aromatic nitrogens is 5. The maximum Gasteiger partial charge on any atom is 0.254 e. The van der Waals surface area contributed by atoms with E-state index in [9.17, 15) is 4.79 Å². The molecule has 0 amide bonds. The number of benzene rings is 2. The van der Waals surface area contributed by atoms with Gasteiger partial charge in [-0.05, 0) is 84.8 Å². The molecule has 3 heterocycles. The Hall–Kier alpha value is -3.48. The molecular formula is C28H32N6O. The van der Waals surface area contributed by atoms with Crippen molar-refractivity contribution in [2.45, 2.75) is 70.9 Å². The van der Waals surface area contributed by atoms with E-state index in [4.69, 9.17) is 0 Å². The first-order valence-corrected chi connectivity index (χ1v) is 12.9. The maximum absolute atomic E-state index is 13.7. The van der Waals surface area contributed by atoms with E-state index in [1.165, 1.54) is 30.5 Å². The predicted molar refractivity (Wildman–Crippen MR) is 138 cm³/mol. The number of nitrogens with one attached hydrogen (secondary N) is 1. The fraction of sp³-hybridized carbons (Fsp3) is 0.429. The molecular weight excluding hydrogens is 436 g/mol. The fourth-order valence-electron chi connectivity index (χ4n) is 6.14. The summed E-state index contributed by atoms with van der Waals surface area (Å²) in [7, 11) is 0. The van der Waals surface area contributed by atoms with Crippen LogP contribution in [-0.2, 0) is 6.42 Å². The Morgan fingerprint density at radius 3 is 2.71 bits per heavy atom. The van der Waals surface area contributed by atoms with Gasteiger partial charge in [-0.25, -0.2) is 4.68 Å². The highest BCUT2D eigenvalue weighted by molar-refractivity contribution is 5.83. The van der Waals surface area contributed by atoms with Crippen molar-refractivity contribution in [2.75, 3.05) is 11.4 Å². The minimum Gasteiger partial charge on any atom is -0.357 e. The maximum atomic E-state index is 13.7. The number of H-pyrrole nitrogens is 1. The minimum atomic E-state index is -0.359. The van der Waals surface area contributed by atoms with Gasteiger partial charge in [0, 0.05) is 28.7 Å². The van der Waals surface area contributed by atoms with Crippen molar-refractivity contribution < 1.29 is 0 Å². The number of para-hydroxylation sites is 1. The van der Waals surface area contributed by atoms with Crippen molar-refractivity contribution in [3.63, 3.8) is 0 Å². The van der Waals surface area contributed by atoms with Crippen LogP contribution in [-0.4, -0.2) is 31.7 Å². The van der Waals surface area contributed by atoms with Crippen LogP contribution in [0.2, 0.25) is 0 Å². The van der Waals surface area contributed by atoms with Crippen LogP contribution in [0.25, 0.3) is 10.9 Å². The average Bonchev–Trinajstić information content (AvgIpc) is 3.35. The molecule has 1 atom stereocenters. The highest BCUT2D eigenvalue weighted by Crippen LogP contribution is 2.38. The number of hydrogen-bond acceptors (Lipinski definition) is 5. The molecule has 7 heteroatoms. The molecule has 6 rings (SSSR count). The zero-order chi connectivity index (χ0) is 23.9. The zero-order valence-electron chi connectivity index (χ0n) is 20.5. The molecule has 35 heavy (non-hydrogen) atoms. The van der Waals surface area contributed by atoms with E-state index in [1.807, 2.05) is 10.7 Å². The van der Waals surface area contributed by atoms with E-state index in [0.29, 0.717) is 5.56 Å². The van der Waals surface area contributed by atoms with Gasteiger partial charge in [-0.2, -0.15) is 0 Å². The van der Waals surface area contributed by atoms with E-state index >= 15 is 0 Å². The summed E-state index contributed by atoms with van der Waals surface area (Å²) >= 11 is 0. The van der Waals surface area contributed by atoms with Crippen molar-refractivity contribution in [2.24, 2.45) is 0 Å². The van der Waals surface area contributed by atoms with Gasteiger partial charge in [0.15, 0.2) is 5.82 Å². The Morgan fingerprint density at radius 2 is 1.86 bits per heavy atom. The molecule has 2 aromatic carbocycles. The summed E-state index contributed by atoms with van der Waals surface area (Å²) in [4.78, 5) is 19.2.